The summed E-state index contributed by atoms with van der Waals surface area (Å²) in [6, 6.07) is 5.56. The summed E-state index contributed by atoms with van der Waals surface area (Å²) in [6.07, 6.45) is -4.47. The van der Waals surface area contributed by atoms with Gasteiger partial charge < -0.3 is 15.2 Å². The van der Waals surface area contributed by atoms with Gasteiger partial charge in [0.2, 0.25) is 0 Å². The van der Waals surface area contributed by atoms with Crippen LogP contribution < -0.4 is 10.6 Å². The first-order valence-corrected chi connectivity index (χ1v) is 5.87. The minimum atomic E-state index is -4.47. The SMILES string of the molecule is Cc1cc(CN(C)c2ccc(N)c(C(F)(F)F)c2)no1. The van der Waals surface area contributed by atoms with Gasteiger partial charge in [-0.15, -0.1) is 0 Å². The van der Waals surface area contributed by atoms with Crippen molar-refractivity contribution in [3.63, 3.8) is 0 Å². The Morgan fingerprint density at radius 2 is 2.00 bits per heavy atom. The standard InChI is InChI=1S/C13H14F3N3O/c1-8-5-9(18-20-8)7-19(2)10-3-4-12(17)11(6-10)13(14,15)16/h3-6H,7,17H2,1-2H3. The fourth-order valence-corrected chi connectivity index (χ4v) is 1.85. The maximum absolute atomic E-state index is 12.8. The molecule has 0 radical (unpaired) electrons. The molecule has 0 amide bonds. The van der Waals surface area contributed by atoms with E-state index in [0.29, 0.717) is 23.7 Å². The number of rotatable bonds is 3. The summed E-state index contributed by atoms with van der Waals surface area (Å²) in [7, 11) is 1.68. The Morgan fingerprint density at radius 3 is 2.55 bits per heavy atom. The molecular formula is C13H14F3N3O. The Labute approximate surface area is 114 Å². The van der Waals surface area contributed by atoms with Crippen molar-refractivity contribution in [1.29, 1.82) is 0 Å². The first kappa shape index (κ1) is 14.2. The number of hydrogen-bond donors (Lipinski definition) is 1. The molecular weight excluding hydrogens is 271 g/mol. The van der Waals surface area contributed by atoms with E-state index in [2.05, 4.69) is 5.16 Å². The molecule has 0 unspecified atom stereocenters. The molecule has 2 rings (SSSR count). The summed E-state index contributed by atoms with van der Waals surface area (Å²) >= 11 is 0. The molecule has 0 aliphatic rings. The zero-order chi connectivity index (χ0) is 14.9. The van der Waals surface area contributed by atoms with Gasteiger partial charge in [-0.25, -0.2) is 0 Å². The monoisotopic (exact) mass is 285 g/mol. The Hall–Kier alpha value is -2.18. The predicted molar refractivity (Wildman–Crippen MR) is 69.2 cm³/mol. The molecule has 4 nitrogen and oxygen atoms in total. The quantitative estimate of drug-likeness (QED) is 0.880. The molecule has 0 spiro atoms. The van der Waals surface area contributed by atoms with Gasteiger partial charge in [-0.1, -0.05) is 5.16 Å². The summed E-state index contributed by atoms with van der Waals surface area (Å²) in [5.41, 5.74) is 5.30. The maximum Gasteiger partial charge on any atom is 0.418 e. The Morgan fingerprint density at radius 1 is 1.30 bits per heavy atom. The topological polar surface area (TPSA) is 55.3 Å². The molecule has 108 valence electrons. The van der Waals surface area contributed by atoms with Crippen molar-refractivity contribution < 1.29 is 17.7 Å². The first-order chi connectivity index (χ1) is 9.27. The number of aromatic nitrogens is 1. The van der Waals surface area contributed by atoms with Crippen LogP contribution in [0.1, 0.15) is 17.0 Å². The summed E-state index contributed by atoms with van der Waals surface area (Å²) in [5.74, 6) is 0.654. The van der Waals surface area contributed by atoms with Gasteiger partial charge in [0.05, 0.1) is 12.1 Å². The number of benzene rings is 1. The maximum atomic E-state index is 12.8. The first-order valence-electron chi connectivity index (χ1n) is 5.87. The summed E-state index contributed by atoms with van der Waals surface area (Å²) in [4.78, 5) is 1.64. The van der Waals surface area contributed by atoms with Crippen molar-refractivity contribution in [2.75, 3.05) is 17.7 Å². The average Bonchev–Trinajstić information content (AvgIpc) is 2.73. The van der Waals surface area contributed by atoms with E-state index in [1.807, 2.05) is 0 Å². The zero-order valence-electron chi connectivity index (χ0n) is 11.0. The van der Waals surface area contributed by atoms with Crippen LogP contribution in [0.15, 0.2) is 28.8 Å². The Kier molecular flexibility index (Phi) is 3.61. The smallest absolute Gasteiger partial charge is 0.398 e. The number of alkyl halides is 3. The third kappa shape index (κ3) is 3.04. The molecule has 0 bridgehead atoms. The lowest BCUT2D eigenvalue weighted by molar-refractivity contribution is -0.136. The van der Waals surface area contributed by atoms with Crippen LogP contribution in [-0.2, 0) is 12.7 Å². The third-order valence-corrected chi connectivity index (χ3v) is 2.86. The molecule has 1 aromatic heterocycles. The van der Waals surface area contributed by atoms with Crippen LogP contribution in [0.5, 0.6) is 0 Å². The molecule has 0 fully saturated rings. The normalized spacial score (nSPS) is 11.7. The van der Waals surface area contributed by atoms with Gasteiger partial charge >= 0.3 is 6.18 Å². The second-order valence-electron chi connectivity index (χ2n) is 4.55. The van der Waals surface area contributed by atoms with Crippen LogP contribution in [0.25, 0.3) is 0 Å². The van der Waals surface area contributed by atoms with Gasteiger partial charge in [-0.05, 0) is 25.1 Å². The van der Waals surface area contributed by atoms with E-state index in [1.54, 1.807) is 24.9 Å². The molecule has 7 heteroatoms. The molecule has 1 aromatic carbocycles. The largest absolute Gasteiger partial charge is 0.418 e. The van der Waals surface area contributed by atoms with Gasteiger partial charge in [-0.3, -0.25) is 0 Å². The van der Waals surface area contributed by atoms with Crippen molar-refractivity contribution in [2.45, 2.75) is 19.6 Å². The van der Waals surface area contributed by atoms with Crippen molar-refractivity contribution in [2.24, 2.45) is 0 Å². The predicted octanol–water partition coefficient (Wildman–Crippen LogP) is 3.22. The number of anilines is 2. The van der Waals surface area contributed by atoms with E-state index in [-0.39, 0.29) is 5.69 Å². The van der Waals surface area contributed by atoms with Crippen molar-refractivity contribution in [3.05, 3.63) is 41.3 Å². The Bertz CT molecular complexity index is 607. The second-order valence-corrected chi connectivity index (χ2v) is 4.55. The summed E-state index contributed by atoms with van der Waals surface area (Å²) in [5, 5.41) is 3.81. The Balaban J connectivity index is 2.24. The van der Waals surface area contributed by atoms with E-state index >= 15 is 0 Å². The van der Waals surface area contributed by atoms with Gasteiger partial charge in [0.15, 0.2) is 0 Å². The fourth-order valence-electron chi connectivity index (χ4n) is 1.85. The van der Waals surface area contributed by atoms with Crippen LogP contribution in [0.2, 0.25) is 0 Å². The second kappa shape index (κ2) is 5.07. The highest BCUT2D eigenvalue weighted by atomic mass is 19.4. The highest BCUT2D eigenvalue weighted by molar-refractivity contribution is 5.59. The fraction of sp³-hybridized carbons (Fsp3) is 0.308. The van der Waals surface area contributed by atoms with Gasteiger partial charge in [0, 0.05) is 24.5 Å². The van der Waals surface area contributed by atoms with Crippen LogP contribution in [0.3, 0.4) is 0 Å². The summed E-state index contributed by atoms with van der Waals surface area (Å²) < 4.78 is 43.3. The molecule has 0 aliphatic heterocycles. The number of nitrogens with zero attached hydrogens (tertiary/aromatic N) is 2. The summed E-state index contributed by atoms with van der Waals surface area (Å²) in [6.45, 7) is 2.10. The molecule has 0 aliphatic carbocycles. The number of nitrogen functional groups attached to an aromatic ring is 1. The highest BCUT2D eigenvalue weighted by Gasteiger charge is 2.33. The van der Waals surface area contributed by atoms with Gasteiger partial charge in [-0.2, -0.15) is 13.2 Å². The molecule has 2 N–H and O–H groups in total. The van der Waals surface area contributed by atoms with Crippen molar-refractivity contribution in [1.82, 2.24) is 5.16 Å². The van der Waals surface area contributed by atoms with E-state index in [4.69, 9.17) is 10.3 Å². The van der Waals surface area contributed by atoms with Crippen molar-refractivity contribution >= 4 is 11.4 Å². The van der Waals surface area contributed by atoms with Crippen LogP contribution in [-0.4, -0.2) is 12.2 Å². The molecule has 0 atom stereocenters. The van der Waals surface area contributed by atoms with Gasteiger partial charge in [0.25, 0.3) is 0 Å². The number of aryl methyl sites for hydroxylation is 1. The van der Waals surface area contributed by atoms with E-state index in [1.165, 1.54) is 12.1 Å². The molecule has 0 saturated heterocycles. The number of nitrogens with two attached hydrogens (primary N) is 1. The van der Waals surface area contributed by atoms with Crippen molar-refractivity contribution in [3.8, 4) is 0 Å². The lowest BCUT2D eigenvalue weighted by atomic mass is 10.1. The van der Waals surface area contributed by atoms with Crippen LogP contribution in [0, 0.1) is 6.92 Å². The number of hydrogen-bond acceptors (Lipinski definition) is 4. The minimum Gasteiger partial charge on any atom is -0.398 e. The zero-order valence-corrected chi connectivity index (χ0v) is 11.0. The molecule has 1 heterocycles. The van der Waals surface area contributed by atoms with E-state index in [9.17, 15) is 13.2 Å². The molecule has 2 aromatic rings. The lowest BCUT2D eigenvalue weighted by Gasteiger charge is -2.20. The molecule has 0 saturated carbocycles. The highest BCUT2D eigenvalue weighted by Crippen LogP contribution is 2.35. The average molecular weight is 285 g/mol. The van der Waals surface area contributed by atoms with E-state index in [0.717, 1.165) is 6.07 Å². The van der Waals surface area contributed by atoms with Gasteiger partial charge in [0.1, 0.15) is 11.5 Å². The molecule has 20 heavy (non-hydrogen) atoms. The van der Waals surface area contributed by atoms with Crippen LogP contribution >= 0.6 is 0 Å². The lowest BCUT2D eigenvalue weighted by Crippen LogP contribution is -2.18. The van der Waals surface area contributed by atoms with E-state index < -0.39 is 11.7 Å². The van der Waals surface area contributed by atoms with Crippen LogP contribution in [0.4, 0.5) is 24.5 Å². The minimum absolute atomic E-state index is 0.285. The number of halogens is 3. The third-order valence-electron chi connectivity index (χ3n) is 2.86.